The molecule has 4 atom stereocenters. The van der Waals surface area contributed by atoms with Crippen LogP contribution in [0.1, 0.15) is 89.2 Å². The van der Waals surface area contributed by atoms with E-state index in [4.69, 9.17) is 10.2 Å². The maximum absolute atomic E-state index is 12.7. The van der Waals surface area contributed by atoms with Crippen molar-refractivity contribution in [3.63, 3.8) is 0 Å². The second-order valence-electron chi connectivity index (χ2n) is 12.2. The number of carbonyl (C=O) groups excluding carboxylic acids is 2. The number of hydrogen-bond acceptors (Lipinski definition) is 8. The zero-order valence-electron chi connectivity index (χ0n) is 27.6. The topological polar surface area (TPSA) is 122 Å². The third-order valence-corrected chi connectivity index (χ3v) is 11.3. The molecule has 10 heteroatoms. The van der Waals surface area contributed by atoms with Crippen molar-refractivity contribution in [2.24, 2.45) is 0 Å². The van der Waals surface area contributed by atoms with Crippen molar-refractivity contribution >= 4 is 35.3 Å². The molecule has 2 fully saturated rings. The molecule has 8 nitrogen and oxygen atoms in total. The summed E-state index contributed by atoms with van der Waals surface area (Å²) < 4.78 is 0. The lowest BCUT2D eigenvalue weighted by atomic mass is 10.0. The Kier molecular flexibility index (Phi) is 16.4. The number of aliphatic hydroxyl groups excluding tert-OH is 2. The number of unbranched alkanes of at least 4 members (excludes halogenated alkanes) is 4. The molecular formula is C36H54N2O6S2. The maximum Gasteiger partial charge on any atom is 0.238 e. The summed E-state index contributed by atoms with van der Waals surface area (Å²) in [6.45, 7) is 5.27. The van der Waals surface area contributed by atoms with Crippen LogP contribution < -0.4 is 0 Å². The molecule has 0 aliphatic carbocycles. The quantitative estimate of drug-likeness (QED) is 0.152. The Bertz CT molecular complexity index is 1140. The number of likely N-dealkylation sites (tertiary alicyclic amines) is 2. The van der Waals surface area contributed by atoms with Gasteiger partial charge in [-0.05, 0) is 36.8 Å². The number of nitrogens with zero attached hydrogens (tertiary/aromatic N) is 2. The van der Waals surface area contributed by atoms with E-state index in [1.807, 2.05) is 60.7 Å². The van der Waals surface area contributed by atoms with E-state index in [1.54, 1.807) is 9.80 Å². The summed E-state index contributed by atoms with van der Waals surface area (Å²) in [6.07, 6.45) is 8.12. The van der Waals surface area contributed by atoms with Crippen molar-refractivity contribution in [2.75, 3.05) is 24.7 Å². The molecule has 2 heterocycles. The second kappa shape index (κ2) is 19.7. The van der Waals surface area contributed by atoms with Crippen LogP contribution in [0.5, 0.6) is 0 Å². The number of aliphatic hydroxyl groups is 4. The summed E-state index contributed by atoms with van der Waals surface area (Å²) in [5.41, 5.74) is -0.109. The van der Waals surface area contributed by atoms with Gasteiger partial charge in [0, 0.05) is 37.4 Å². The molecule has 0 aromatic heterocycles. The van der Waals surface area contributed by atoms with Gasteiger partial charge in [0.05, 0.1) is 23.7 Å². The second-order valence-corrected chi connectivity index (χ2v) is 14.8. The Morgan fingerprint density at radius 3 is 1.80 bits per heavy atom. The van der Waals surface area contributed by atoms with Gasteiger partial charge in [0.15, 0.2) is 5.72 Å². The predicted octanol–water partition coefficient (Wildman–Crippen LogP) is 5.56. The van der Waals surface area contributed by atoms with Crippen molar-refractivity contribution in [1.29, 1.82) is 0 Å². The Hall–Kier alpha value is -2.08. The van der Waals surface area contributed by atoms with Crippen LogP contribution in [0.4, 0.5) is 0 Å². The number of carbonyl (C=O) groups is 2. The number of amides is 2. The van der Waals surface area contributed by atoms with E-state index in [0.29, 0.717) is 50.3 Å². The number of rotatable bonds is 18. The molecule has 0 spiro atoms. The molecule has 4 rings (SSSR count). The predicted molar refractivity (Wildman–Crippen MR) is 188 cm³/mol. The van der Waals surface area contributed by atoms with Crippen molar-refractivity contribution in [2.45, 2.75) is 113 Å². The van der Waals surface area contributed by atoms with Crippen LogP contribution in [0.25, 0.3) is 0 Å². The van der Waals surface area contributed by atoms with E-state index in [-0.39, 0.29) is 35.5 Å². The average molecular weight is 675 g/mol. The van der Waals surface area contributed by atoms with Crippen LogP contribution >= 0.6 is 23.5 Å². The molecule has 2 aromatic rings. The Morgan fingerprint density at radius 2 is 1.26 bits per heavy atom. The van der Waals surface area contributed by atoms with Crippen molar-refractivity contribution in [1.82, 2.24) is 9.80 Å². The number of benzene rings is 2. The summed E-state index contributed by atoms with van der Waals surface area (Å²) in [4.78, 5) is 28.5. The summed E-state index contributed by atoms with van der Waals surface area (Å²) in [5.74, 6) is 1.07. The van der Waals surface area contributed by atoms with E-state index in [0.717, 1.165) is 49.7 Å². The smallest absolute Gasteiger partial charge is 0.238 e. The zero-order valence-corrected chi connectivity index (χ0v) is 29.2. The lowest BCUT2D eigenvalue weighted by Gasteiger charge is -2.37. The molecule has 2 aromatic carbocycles. The summed E-state index contributed by atoms with van der Waals surface area (Å²) in [5, 5.41) is 40.1. The largest absolute Gasteiger partial charge is 0.396 e. The number of hydrogen-bond donors (Lipinski definition) is 4. The highest BCUT2D eigenvalue weighted by Gasteiger charge is 2.51. The Balaban J connectivity index is 0.000000250. The Labute approximate surface area is 284 Å². The van der Waals surface area contributed by atoms with E-state index in [2.05, 4.69) is 13.8 Å². The molecular weight excluding hydrogens is 621 g/mol. The minimum absolute atomic E-state index is 0.00305. The van der Waals surface area contributed by atoms with Gasteiger partial charge in [-0.15, -0.1) is 11.8 Å². The van der Waals surface area contributed by atoms with E-state index in [9.17, 15) is 19.8 Å². The molecule has 2 saturated heterocycles. The first-order valence-electron chi connectivity index (χ1n) is 16.8. The summed E-state index contributed by atoms with van der Waals surface area (Å²) in [6, 6.07) is 19.6. The molecule has 256 valence electrons. The molecule has 0 bridgehead atoms. The molecule has 4 N–H and O–H groups in total. The first-order chi connectivity index (χ1) is 22.2. The Morgan fingerprint density at radius 1 is 0.739 bits per heavy atom. The molecule has 2 amide bonds. The molecule has 46 heavy (non-hydrogen) atoms. The fraction of sp³-hybridized carbons (Fsp3) is 0.611. The molecule has 2 aliphatic rings. The van der Waals surface area contributed by atoms with E-state index < -0.39 is 11.4 Å². The molecule has 4 unspecified atom stereocenters. The lowest BCUT2D eigenvalue weighted by Crippen LogP contribution is -2.50. The average Bonchev–Trinajstić information content (AvgIpc) is 3.44. The van der Waals surface area contributed by atoms with Crippen molar-refractivity contribution < 1.29 is 30.0 Å². The highest BCUT2D eigenvalue weighted by atomic mass is 32.2. The van der Waals surface area contributed by atoms with Crippen LogP contribution in [-0.4, -0.2) is 88.7 Å². The minimum atomic E-state index is -1.11. The van der Waals surface area contributed by atoms with Gasteiger partial charge in [0.2, 0.25) is 11.8 Å². The summed E-state index contributed by atoms with van der Waals surface area (Å²) in [7, 11) is 0. The fourth-order valence-electron chi connectivity index (χ4n) is 6.22. The molecule has 0 radical (unpaired) electrons. The van der Waals surface area contributed by atoms with Crippen LogP contribution in [0, 0.1) is 0 Å². The molecule has 0 saturated carbocycles. The van der Waals surface area contributed by atoms with Crippen LogP contribution in [-0.2, 0) is 22.7 Å². The summed E-state index contributed by atoms with van der Waals surface area (Å²) >= 11 is 2.95. The normalized spacial score (nSPS) is 24.4. The SMILES string of the molecule is CCCCCC1(O)C(SCCO)CC(=O)N1Cc1ccccc1.CCCCCC1(O)CC(SCCO)C(=O)N1Cc1ccccc1. The van der Waals surface area contributed by atoms with Gasteiger partial charge in [0.1, 0.15) is 5.72 Å². The van der Waals surface area contributed by atoms with Gasteiger partial charge in [-0.2, -0.15) is 11.8 Å². The van der Waals surface area contributed by atoms with Gasteiger partial charge in [-0.1, -0.05) is 100 Å². The van der Waals surface area contributed by atoms with Crippen LogP contribution in [0.3, 0.4) is 0 Å². The zero-order chi connectivity index (χ0) is 33.4. The third kappa shape index (κ3) is 10.7. The van der Waals surface area contributed by atoms with Gasteiger partial charge < -0.3 is 30.2 Å². The standard InChI is InChI=1S/2C18H27NO3S/c1-2-3-7-10-18(22)13-16(23-12-11-20)17(21)19(18)14-15-8-5-4-6-9-15;1-2-3-7-10-18(22)16(23-12-11-20)13-17(21)19(18)14-15-8-5-4-6-9-15/h2*4-6,8-9,16,20,22H,2-3,7,10-14H2,1H3. The van der Waals surface area contributed by atoms with Gasteiger partial charge >= 0.3 is 0 Å². The molecule has 2 aliphatic heterocycles. The highest BCUT2D eigenvalue weighted by molar-refractivity contribution is 8.00. The fourth-order valence-corrected chi connectivity index (χ4v) is 8.42. The van der Waals surface area contributed by atoms with Crippen LogP contribution in [0.15, 0.2) is 60.7 Å². The minimum Gasteiger partial charge on any atom is -0.396 e. The first-order valence-corrected chi connectivity index (χ1v) is 18.9. The maximum atomic E-state index is 12.7. The highest BCUT2D eigenvalue weighted by Crippen LogP contribution is 2.41. The number of thioether (sulfide) groups is 2. The van der Waals surface area contributed by atoms with Crippen LogP contribution in [0.2, 0.25) is 0 Å². The third-order valence-electron chi connectivity index (χ3n) is 8.72. The first kappa shape index (κ1) is 38.4. The van der Waals surface area contributed by atoms with Crippen molar-refractivity contribution in [3.05, 3.63) is 71.8 Å². The van der Waals surface area contributed by atoms with E-state index in [1.165, 1.54) is 23.5 Å². The van der Waals surface area contributed by atoms with Gasteiger partial charge in [-0.3, -0.25) is 9.59 Å². The van der Waals surface area contributed by atoms with Gasteiger partial charge in [-0.25, -0.2) is 0 Å². The van der Waals surface area contributed by atoms with Gasteiger partial charge in [0.25, 0.3) is 0 Å². The monoisotopic (exact) mass is 674 g/mol. The van der Waals surface area contributed by atoms with E-state index >= 15 is 0 Å². The lowest BCUT2D eigenvalue weighted by molar-refractivity contribution is -0.149. The van der Waals surface area contributed by atoms with Crippen molar-refractivity contribution in [3.8, 4) is 0 Å².